The molecule has 4 rings (SSSR count). The molecule has 218 valence electrons. The summed E-state index contributed by atoms with van der Waals surface area (Å²) in [6, 6.07) is 20.4. The molecule has 0 aromatic heterocycles. The molecule has 3 aromatic rings. The maximum atomic E-state index is 13.0. The Balaban J connectivity index is 1.44. The molecule has 1 saturated heterocycles. The van der Waals surface area contributed by atoms with Crippen molar-refractivity contribution in [3.63, 3.8) is 0 Å². The number of esters is 1. The van der Waals surface area contributed by atoms with Crippen LogP contribution in [0.25, 0.3) is 0 Å². The Morgan fingerprint density at radius 2 is 1.61 bits per heavy atom. The Labute approximate surface area is 251 Å². The van der Waals surface area contributed by atoms with Gasteiger partial charge in [-0.15, -0.1) is 0 Å². The van der Waals surface area contributed by atoms with Crippen molar-refractivity contribution < 1.29 is 27.5 Å². The van der Waals surface area contributed by atoms with Crippen molar-refractivity contribution >= 4 is 45.1 Å². The first-order valence-corrected chi connectivity index (χ1v) is 15.7. The SMILES string of the molecule is CC(C)(C)OC(=O)N[C@@H](Cc1ccccc1)[C@H]1C[C@@H](Cc2ccc(S(=O)(=O)Cc3c(Cl)cccc3Cl)cc2)OC1=O. The predicted molar refractivity (Wildman–Crippen MR) is 159 cm³/mol. The number of hydrogen-bond donors (Lipinski definition) is 1. The van der Waals surface area contributed by atoms with Crippen LogP contribution in [0.1, 0.15) is 43.9 Å². The summed E-state index contributed by atoms with van der Waals surface area (Å²) in [5.41, 5.74) is 1.46. The van der Waals surface area contributed by atoms with Gasteiger partial charge in [-0.1, -0.05) is 71.7 Å². The number of halogens is 2. The average molecular weight is 619 g/mol. The Bertz CT molecular complexity index is 1470. The summed E-state index contributed by atoms with van der Waals surface area (Å²) in [7, 11) is -3.69. The van der Waals surface area contributed by atoms with E-state index in [2.05, 4.69) is 5.32 Å². The predicted octanol–water partition coefficient (Wildman–Crippen LogP) is 6.58. The van der Waals surface area contributed by atoms with Gasteiger partial charge in [0.15, 0.2) is 9.84 Å². The molecule has 41 heavy (non-hydrogen) atoms. The smallest absolute Gasteiger partial charge is 0.407 e. The Morgan fingerprint density at radius 1 is 0.976 bits per heavy atom. The van der Waals surface area contributed by atoms with E-state index in [1.54, 1.807) is 51.1 Å². The van der Waals surface area contributed by atoms with E-state index in [0.29, 0.717) is 34.9 Å². The molecule has 0 unspecified atom stereocenters. The third-order valence-corrected chi connectivity index (χ3v) is 9.10. The minimum atomic E-state index is -3.69. The number of carbonyl (C=O) groups excluding carboxylic acids is 2. The van der Waals surface area contributed by atoms with Gasteiger partial charge in [0.05, 0.1) is 16.6 Å². The van der Waals surface area contributed by atoms with Crippen LogP contribution >= 0.6 is 23.2 Å². The van der Waals surface area contributed by atoms with Gasteiger partial charge in [0, 0.05) is 28.1 Å². The summed E-state index contributed by atoms with van der Waals surface area (Å²) in [5, 5.41) is 3.47. The fourth-order valence-electron chi connectivity index (χ4n) is 4.79. The largest absolute Gasteiger partial charge is 0.462 e. The molecule has 0 bridgehead atoms. The van der Waals surface area contributed by atoms with Crippen LogP contribution in [0.4, 0.5) is 4.79 Å². The highest BCUT2D eigenvalue weighted by atomic mass is 35.5. The summed E-state index contributed by atoms with van der Waals surface area (Å²) in [4.78, 5) is 25.7. The van der Waals surface area contributed by atoms with Crippen LogP contribution in [0.3, 0.4) is 0 Å². The standard InChI is InChI=1S/C31H33Cl2NO6S/c1-31(2,3)40-30(36)34-28(17-20-8-5-4-6-9-20)24-18-22(39-29(24)35)16-21-12-14-23(15-13-21)41(37,38)19-25-26(32)10-7-11-27(25)33/h4-15,22,24,28H,16-19H2,1-3H3,(H,34,36)/t22-,24-,28+/m1/s1. The van der Waals surface area contributed by atoms with Crippen molar-refractivity contribution in [2.75, 3.05) is 0 Å². The van der Waals surface area contributed by atoms with Gasteiger partial charge in [-0.2, -0.15) is 0 Å². The number of amides is 1. The van der Waals surface area contributed by atoms with E-state index >= 15 is 0 Å². The van der Waals surface area contributed by atoms with E-state index in [0.717, 1.165) is 11.1 Å². The normalized spacial score (nSPS) is 18.0. The quantitative estimate of drug-likeness (QED) is 0.272. The van der Waals surface area contributed by atoms with Gasteiger partial charge in [0.25, 0.3) is 0 Å². The topological polar surface area (TPSA) is 98.8 Å². The first-order valence-electron chi connectivity index (χ1n) is 13.3. The van der Waals surface area contributed by atoms with E-state index in [1.807, 2.05) is 30.3 Å². The first-order chi connectivity index (χ1) is 19.3. The van der Waals surface area contributed by atoms with Crippen molar-refractivity contribution in [3.8, 4) is 0 Å². The molecule has 1 fully saturated rings. The van der Waals surface area contributed by atoms with Gasteiger partial charge in [0.2, 0.25) is 0 Å². The molecule has 1 amide bonds. The third kappa shape index (κ3) is 8.47. The third-order valence-electron chi connectivity index (χ3n) is 6.73. The highest BCUT2D eigenvalue weighted by Gasteiger charge is 2.41. The Hall–Kier alpha value is -3.07. The molecule has 3 atom stereocenters. The van der Waals surface area contributed by atoms with Crippen LogP contribution in [0.5, 0.6) is 0 Å². The van der Waals surface area contributed by atoms with Crippen LogP contribution < -0.4 is 5.32 Å². The minimum Gasteiger partial charge on any atom is -0.462 e. The van der Waals surface area contributed by atoms with Gasteiger partial charge >= 0.3 is 12.1 Å². The van der Waals surface area contributed by atoms with Crippen LogP contribution in [0.15, 0.2) is 77.7 Å². The molecule has 3 aromatic carbocycles. The molecule has 0 spiro atoms. The van der Waals surface area contributed by atoms with Gasteiger partial charge in [0.1, 0.15) is 11.7 Å². The lowest BCUT2D eigenvalue weighted by Gasteiger charge is -2.26. The number of carbonyl (C=O) groups is 2. The van der Waals surface area contributed by atoms with E-state index in [9.17, 15) is 18.0 Å². The van der Waals surface area contributed by atoms with Crippen molar-refractivity contribution in [1.82, 2.24) is 5.32 Å². The summed E-state index contributed by atoms with van der Waals surface area (Å²) in [5.74, 6) is -1.27. The number of alkyl carbamates (subject to hydrolysis) is 1. The van der Waals surface area contributed by atoms with Gasteiger partial charge in [-0.3, -0.25) is 4.79 Å². The van der Waals surface area contributed by atoms with Crippen molar-refractivity contribution in [2.24, 2.45) is 5.92 Å². The van der Waals surface area contributed by atoms with Gasteiger partial charge in [-0.05, 0) is 69.0 Å². The lowest BCUT2D eigenvalue weighted by atomic mass is 9.89. The number of hydrogen-bond acceptors (Lipinski definition) is 6. The van der Waals surface area contributed by atoms with E-state index in [4.69, 9.17) is 32.7 Å². The number of sulfone groups is 1. The number of benzene rings is 3. The molecular weight excluding hydrogens is 585 g/mol. The number of nitrogens with one attached hydrogen (secondary N) is 1. The van der Waals surface area contributed by atoms with Crippen molar-refractivity contribution in [2.45, 2.75) is 68.4 Å². The van der Waals surface area contributed by atoms with E-state index < -0.39 is 39.6 Å². The highest BCUT2D eigenvalue weighted by Crippen LogP contribution is 2.31. The fraction of sp³-hybridized carbons (Fsp3) is 0.355. The molecule has 1 N–H and O–H groups in total. The molecule has 0 radical (unpaired) electrons. The molecule has 0 aliphatic carbocycles. The molecule has 1 aliphatic heterocycles. The second-order valence-corrected chi connectivity index (χ2v) is 14.0. The van der Waals surface area contributed by atoms with Crippen LogP contribution in [-0.4, -0.2) is 38.2 Å². The van der Waals surface area contributed by atoms with Crippen molar-refractivity contribution in [1.29, 1.82) is 0 Å². The first kappa shape index (κ1) is 30.9. The zero-order valence-electron chi connectivity index (χ0n) is 23.1. The lowest BCUT2D eigenvalue weighted by molar-refractivity contribution is -0.144. The fourth-order valence-corrected chi connectivity index (χ4v) is 6.89. The lowest BCUT2D eigenvalue weighted by Crippen LogP contribution is -2.45. The maximum absolute atomic E-state index is 13.0. The van der Waals surface area contributed by atoms with Gasteiger partial charge in [-0.25, -0.2) is 13.2 Å². The van der Waals surface area contributed by atoms with E-state index in [-0.39, 0.29) is 16.6 Å². The zero-order chi connectivity index (χ0) is 29.8. The molecular formula is C31H33Cl2NO6S. The summed E-state index contributed by atoms with van der Waals surface area (Å²) in [6.07, 6.45) is 0.231. The Kier molecular flexibility index (Phi) is 9.67. The van der Waals surface area contributed by atoms with Crippen LogP contribution in [-0.2, 0) is 42.7 Å². The van der Waals surface area contributed by atoms with E-state index in [1.165, 1.54) is 12.1 Å². The maximum Gasteiger partial charge on any atom is 0.407 e. The molecule has 10 heteroatoms. The van der Waals surface area contributed by atoms with Crippen molar-refractivity contribution in [3.05, 3.63) is 99.5 Å². The molecule has 7 nitrogen and oxygen atoms in total. The average Bonchev–Trinajstić information content (AvgIpc) is 3.25. The molecule has 1 heterocycles. The number of rotatable bonds is 9. The van der Waals surface area contributed by atoms with Crippen LogP contribution in [0, 0.1) is 5.92 Å². The van der Waals surface area contributed by atoms with Gasteiger partial charge < -0.3 is 14.8 Å². The monoisotopic (exact) mass is 617 g/mol. The second-order valence-electron chi connectivity index (χ2n) is 11.2. The zero-order valence-corrected chi connectivity index (χ0v) is 25.4. The highest BCUT2D eigenvalue weighted by molar-refractivity contribution is 7.90. The summed E-state index contributed by atoms with van der Waals surface area (Å²) < 4.78 is 37.2. The minimum absolute atomic E-state index is 0.142. The summed E-state index contributed by atoms with van der Waals surface area (Å²) in [6.45, 7) is 5.34. The number of ether oxygens (including phenoxy) is 2. The van der Waals surface area contributed by atoms with Crippen LogP contribution in [0.2, 0.25) is 10.0 Å². The number of cyclic esters (lactones) is 1. The molecule has 0 saturated carbocycles. The second kappa shape index (κ2) is 12.8. The molecule has 1 aliphatic rings. The summed E-state index contributed by atoms with van der Waals surface area (Å²) >= 11 is 12.3. The Morgan fingerprint density at radius 3 is 2.22 bits per heavy atom.